The lowest BCUT2D eigenvalue weighted by Gasteiger charge is -2.25. The van der Waals surface area contributed by atoms with Crippen LogP contribution in [0.5, 0.6) is 0 Å². The Bertz CT molecular complexity index is 1490. The van der Waals surface area contributed by atoms with E-state index in [1.54, 1.807) is 12.1 Å². The zero-order valence-electron chi connectivity index (χ0n) is 18.2. The quantitative estimate of drug-likeness (QED) is 0.148. The van der Waals surface area contributed by atoms with Crippen molar-refractivity contribution in [2.45, 2.75) is 33.2 Å². The van der Waals surface area contributed by atoms with Gasteiger partial charge in [-0.2, -0.15) is 0 Å². The lowest BCUT2D eigenvalue weighted by Crippen LogP contribution is -2.30. The molecule has 0 bridgehead atoms. The molecule has 8 nitrogen and oxygen atoms in total. The summed E-state index contributed by atoms with van der Waals surface area (Å²) in [5, 5.41) is 24.3. The van der Waals surface area contributed by atoms with Gasteiger partial charge in [0.05, 0.1) is 30.0 Å². The molecule has 2 unspecified atom stereocenters. The van der Waals surface area contributed by atoms with Gasteiger partial charge in [-0.15, -0.1) is 68.9 Å². The van der Waals surface area contributed by atoms with Crippen LogP contribution in [0.2, 0.25) is 0 Å². The second-order valence-corrected chi connectivity index (χ2v) is 17.5. The third-order valence-electron chi connectivity index (χ3n) is 4.49. The second-order valence-electron chi connectivity index (χ2n) is 7.23. The molecule has 4 aromatic heterocycles. The van der Waals surface area contributed by atoms with Crippen LogP contribution in [0.1, 0.15) is 9.75 Å². The molecule has 0 saturated heterocycles. The first-order valence-corrected chi connectivity index (χ1v) is 17.6. The van der Waals surface area contributed by atoms with Gasteiger partial charge in [-0.1, -0.05) is 0 Å². The molecule has 36 heavy (non-hydrogen) atoms. The molecule has 4 rings (SSSR count). The monoisotopic (exact) mass is 638 g/mol. The smallest absolute Gasteiger partial charge is 0.0916 e. The summed E-state index contributed by atoms with van der Waals surface area (Å²) in [5.74, 6) is 0. The highest BCUT2D eigenvalue weighted by atomic mass is 32.3. The molecule has 0 fully saturated rings. The Morgan fingerprint density at radius 1 is 0.639 bits per heavy atom. The van der Waals surface area contributed by atoms with E-state index in [9.17, 15) is 36.2 Å². The predicted octanol–water partition coefficient (Wildman–Crippen LogP) is 4.11. The first-order valence-electron chi connectivity index (χ1n) is 9.68. The van der Waals surface area contributed by atoms with Crippen LogP contribution in [0.15, 0.2) is 46.2 Å². The van der Waals surface area contributed by atoms with Crippen molar-refractivity contribution < 1.29 is 36.2 Å². The second kappa shape index (κ2) is 10.8. The van der Waals surface area contributed by atoms with Crippen LogP contribution < -0.4 is 10.2 Å². The first kappa shape index (κ1) is 28.3. The predicted molar refractivity (Wildman–Crippen MR) is 142 cm³/mol. The van der Waals surface area contributed by atoms with Gasteiger partial charge in [-0.3, -0.25) is 0 Å². The van der Waals surface area contributed by atoms with Crippen molar-refractivity contribution in [3.05, 3.63) is 46.2 Å². The van der Waals surface area contributed by atoms with Gasteiger partial charge >= 0.3 is 0 Å². The van der Waals surface area contributed by atoms with Crippen LogP contribution in [0, 0.1) is 13.8 Å². The fraction of sp³-hybridized carbons (Fsp3) is 0.200. The van der Waals surface area contributed by atoms with Crippen molar-refractivity contribution in [1.29, 1.82) is 0 Å². The van der Waals surface area contributed by atoms with E-state index < -0.39 is 29.8 Å². The molecule has 194 valence electrons. The van der Waals surface area contributed by atoms with Crippen molar-refractivity contribution in [3.8, 4) is 29.3 Å². The summed E-state index contributed by atoms with van der Waals surface area (Å²) in [6, 6.07) is 10.7. The lowest BCUT2D eigenvalue weighted by molar-refractivity contribution is -0.359. The Hall–Kier alpha value is -0.760. The highest BCUT2D eigenvalue weighted by Crippen LogP contribution is 2.52. The molecule has 16 heteroatoms. The summed E-state index contributed by atoms with van der Waals surface area (Å²) in [4.78, 5) is 6.40. The van der Waals surface area contributed by atoms with Gasteiger partial charge in [0, 0.05) is 48.6 Å². The van der Waals surface area contributed by atoms with Gasteiger partial charge in [0.15, 0.2) is 0 Å². The van der Waals surface area contributed by atoms with Gasteiger partial charge < -0.3 is 19.3 Å². The van der Waals surface area contributed by atoms with Crippen molar-refractivity contribution in [2.75, 3.05) is 0 Å². The molecule has 0 radical (unpaired) electrons. The molecule has 0 aromatic carbocycles. The molecule has 0 amide bonds. The van der Waals surface area contributed by atoms with Gasteiger partial charge in [0.1, 0.15) is 0 Å². The average Bonchev–Trinajstić information content (AvgIpc) is 3.53. The number of rotatable bonds is 9. The molecule has 4 aromatic rings. The standard InChI is InChI=1S/C20H16O8S8/c1-9-3-5-11(29-9)13-7-15(33-19(21)35(23,24)25)17(31-13)18-16(34-20(22)36(26,27)28)8-14(32-18)12-6-4-10(2)30-12/h3-8,19-20H,1-2H3,(H,23,24,25)(H,26,27,28)/q-2/p-2. The fourth-order valence-corrected chi connectivity index (χ4v) is 10.7. The van der Waals surface area contributed by atoms with E-state index in [4.69, 9.17) is 0 Å². The Labute approximate surface area is 232 Å². The maximum atomic E-state index is 12.2. The van der Waals surface area contributed by atoms with Crippen molar-refractivity contribution >= 4 is 89.1 Å². The third-order valence-corrected chi connectivity index (χ3v) is 14.0. The molecule has 2 atom stereocenters. The zero-order chi connectivity index (χ0) is 26.4. The number of aryl methyl sites for hydroxylation is 2. The van der Waals surface area contributed by atoms with Crippen LogP contribution in [0.4, 0.5) is 0 Å². The highest BCUT2D eigenvalue weighted by Gasteiger charge is 2.23. The third kappa shape index (κ3) is 6.44. The van der Waals surface area contributed by atoms with E-state index in [0.717, 1.165) is 19.5 Å². The Balaban J connectivity index is 1.89. The number of hydrogen-bond donors (Lipinski definition) is 0. The molecule has 0 aliphatic carbocycles. The summed E-state index contributed by atoms with van der Waals surface area (Å²) in [7, 11) is -10.3. The van der Waals surface area contributed by atoms with Crippen LogP contribution in [0.25, 0.3) is 29.3 Å². The van der Waals surface area contributed by atoms with E-state index in [0.29, 0.717) is 43.0 Å². The summed E-state index contributed by atoms with van der Waals surface area (Å²) >= 11 is 6.07. The largest absolute Gasteiger partial charge is 0.833 e. The minimum atomic E-state index is -5.14. The number of thioether (sulfide) groups is 2. The molecule has 0 saturated carbocycles. The molecule has 4 heterocycles. The van der Waals surface area contributed by atoms with Crippen molar-refractivity contribution in [3.63, 3.8) is 0 Å². The minimum absolute atomic E-state index is 0.213. The van der Waals surface area contributed by atoms with E-state index >= 15 is 0 Å². The molecule has 0 aliphatic heterocycles. The van der Waals surface area contributed by atoms with E-state index in [-0.39, 0.29) is 9.79 Å². The lowest BCUT2D eigenvalue weighted by atomic mass is 10.3. The van der Waals surface area contributed by atoms with Crippen LogP contribution >= 0.6 is 68.9 Å². The number of hydrogen-bond acceptors (Lipinski definition) is 14. The van der Waals surface area contributed by atoms with Crippen molar-refractivity contribution in [2.24, 2.45) is 0 Å². The highest BCUT2D eigenvalue weighted by molar-refractivity contribution is 8.12. The van der Waals surface area contributed by atoms with E-state index in [1.165, 1.54) is 45.3 Å². The normalized spacial score (nSPS) is 14.3. The van der Waals surface area contributed by atoms with Crippen LogP contribution in [-0.4, -0.2) is 35.5 Å². The van der Waals surface area contributed by atoms with E-state index in [1.807, 2.05) is 38.1 Å². The first-order chi connectivity index (χ1) is 16.7. The molecular formula is C20H14O8S8-4. The maximum Gasteiger partial charge on any atom is 0.0916 e. The Kier molecular flexibility index (Phi) is 8.46. The molecular weight excluding hydrogens is 625 g/mol. The number of thiophene rings is 4. The van der Waals surface area contributed by atoms with Gasteiger partial charge in [0.2, 0.25) is 0 Å². The molecule has 0 aliphatic rings. The fourth-order valence-electron chi connectivity index (χ4n) is 2.94. The zero-order valence-corrected chi connectivity index (χ0v) is 24.7. The Morgan fingerprint density at radius 3 is 1.28 bits per heavy atom. The van der Waals surface area contributed by atoms with Gasteiger partial charge in [-0.05, 0) is 50.2 Å². The summed E-state index contributed by atoms with van der Waals surface area (Å²) in [5.41, 5.74) is 0. The SMILES string of the molecule is Cc1ccc(-c2cc(SC([O-])S(=O)(=O)[O-])c(-c3sc(-c4ccc(C)s4)cc3SC([O-])S(=O)(=O)[O-])s2)s1. The van der Waals surface area contributed by atoms with Gasteiger partial charge in [0.25, 0.3) is 0 Å². The topological polar surface area (TPSA) is 161 Å². The molecule has 0 spiro atoms. The van der Waals surface area contributed by atoms with Crippen molar-refractivity contribution in [1.82, 2.24) is 0 Å². The molecule has 0 N–H and O–H groups in total. The summed E-state index contributed by atoms with van der Waals surface area (Å²) in [6.45, 7) is 3.83. The minimum Gasteiger partial charge on any atom is -0.833 e. The maximum absolute atomic E-state index is 12.2. The average molecular weight is 639 g/mol. The Morgan fingerprint density at radius 2 is 1.00 bits per heavy atom. The summed E-state index contributed by atoms with van der Waals surface area (Å²) in [6.07, 6.45) is 0. The van der Waals surface area contributed by atoms with Crippen LogP contribution in [0.3, 0.4) is 0 Å². The van der Waals surface area contributed by atoms with E-state index in [2.05, 4.69) is 0 Å². The summed E-state index contributed by atoms with van der Waals surface area (Å²) < 4.78 is 63.1. The van der Waals surface area contributed by atoms with Crippen LogP contribution in [-0.2, 0) is 20.2 Å². The van der Waals surface area contributed by atoms with Gasteiger partial charge in [-0.25, -0.2) is 16.8 Å².